The second kappa shape index (κ2) is 5.17. The van der Waals surface area contributed by atoms with Gasteiger partial charge in [0.2, 0.25) is 0 Å². The van der Waals surface area contributed by atoms with Crippen LogP contribution in [0.2, 0.25) is 0 Å². The van der Waals surface area contributed by atoms with Crippen molar-refractivity contribution in [1.29, 1.82) is 0 Å². The molecular weight excluding hydrogens is 187 g/mol. The van der Waals surface area contributed by atoms with Gasteiger partial charge in [0.05, 0.1) is 13.2 Å². The zero-order valence-electron chi connectivity index (χ0n) is 6.21. The second-order valence-electron chi connectivity index (χ2n) is 2.76. The SMILES string of the molecule is C1NCC2COCC1N2.Cl.Cl. The first-order valence-electron chi connectivity index (χ1n) is 3.49. The van der Waals surface area contributed by atoms with Gasteiger partial charge in [0, 0.05) is 25.2 Å². The van der Waals surface area contributed by atoms with Gasteiger partial charge in [-0.2, -0.15) is 0 Å². The lowest BCUT2D eigenvalue weighted by Gasteiger charge is -2.36. The minimum Gasteiger partial charge on any atom is -0.378 e. The van der Waals surface area contributed by atoms with Crippen molar-refractivity contribution in [1.82, 2.24) is 10.6 Å². The standard InChI is InChI=1S/C6H12N2O.2ClH/c1-5-3-9-4-6(8-5)2-7-1;;/h5-8H,1-4H2;2*1H. The van der Waals surface area contributed by atoms with Crippen molar-refractivity contribution in [2.75, 3.05) is 26.3 Å². The number of halogens is 2. The van der Waals surface area contributed by atoms with Gasteiger partial charge < -0.3 is 15.4 Å². The van der Waals surface area contributed by atoms with Gasteiger partial charge in [-0.1, -0.05) is 0 Å². The molecule has 2 saturated heterocycles. The maximum absolute atomic E-state index is 5.33. The van der Waals surface area contributed by atoms with Gasteiger partial charge >= 0.3 is 0 Å². The van der Waals surface area contributed by atoms with Gasteiger partial charge in [-0.15, -0.1) is 24.8 Å². The van der Waals surface area contributed by atoms with Crippen LogP contribution in [0, 0.1) is 0 Å². The van der Waals surface area contributed by atoms with Gasteiger partial charge in [-0.3, -0.25) is 0 Å². The Morgan fingerprint density at radius 1 is 1.00 bits per heavy atom. The van der Waals surface area contributed by atoms with Crippen molar-refractivity contribution in [3.8, 4) is 0 Å². The molecule has 5 heteroatoms. The van der Waals surface area contributed by atoms with Crippen molar-refractivity contribution in [2.45, 2.75) is 12.1 Å². The monoisotopic (exact) mass is 200 g/mol. The van der Waals surface area contributed by atoms with E-state index < -0.39 is 0 Å². The van der Waals surface area contributed by atoms with Crippen LogP contribution >= 0.6 is 24.8 Å². The van der Waals surface area contributed by atoms with E-state index in [0.717, 1.165) is 26.3 Å². The molecule has 2 fully saturated rings. The van der Waals surface area contributed by atoms with Crippen molar-refractivity contribution in [2.24, 2.45) is 0 Å². The fourth-order valence-corrected chi connectivity index (χ4v) is 1.45. The van der Waals surface area contributed by atoms with Crippen LogP contribution in [0.4, 0.5) is 0 Å². The predicted molar refractivity (Wildman–Crippen MR) is 48.9 cm³/mol. The molecule has 0 spiro atoms. The average Bonchev–Trinajstić information content (AvgIpc) is 1.88. The van der Waals surface area contributed by atoms with Crippen molar-refractivity contribution >= 4 is 24.8 Å². The minimum absolute atomic E-state index is 0. The number of hydrogen-bond donors (Lipinski definition) is 2. The summed E-state index contributed by atoms with van der Waals surface area (Å²) in [5.74, 6) is 0. The smallest absolute Gasteiger partial charge is 0.0632 e. The van der Waals surface area contributed by atoms with E-state index in [1.807, 2.05) is 0 Å². The molecule has 2 bridgehead atoms. The van der Waals surface area contributed by atoms with Gasteiger partial charge in [-0.25, -0.2) is 0 Å². The lowest BCUT2D eigenvalue weighted by molar-refractivity contribution is 0.0310. The summed E-state index contributed by atoms with van der Waals surface area (Å²) in [6.45, 7) is 3.89. The largest absolute Gasteiger partial charge is 0.378 e. The fraction of sp³-hybridized carbons (Fsp3) is 1.00. The van der Waals surface area contributed by atoms with E-state index in [2.05, 4.69) is 10.6 Å². The molecule has 0 aromatic rings. The molecule has 0 aromatic carbocycles. The molecule has 2 heterocycles. The molecule has 0 amide bonds. The maximum Gasteiger partial charge on any atom is 0.0632 e. The van der Waals surface area contributed by atoms with E-state index in [0.29, 0.717) is 12.1 Å². The normalized spacial score (nSPS) is 34.9. The first-order valence-corrected chi connectivity index (χ1v) is 3.49. The first kappa shape index (κ1) is 11.5. The Morgan fingerprint density at radius 3 is 2.00 bits per heavy atom. The third kappa shape index (κ3) is 2.76. The molecule has 0 saturated carbocycles. The van der Waals surface area contributed by atoms with Crippen LogP contribution in [-0.2, 0) is 4.74 Å². The lowest BCUT2D eigenvalue weighted by atomic mass is 10.1. The summed E-state index contributed by atoms with van der Waals surface area (Å²) < 4.78 is 5.33. The zero-order valence-corrected chi connectivity index (χ0v) is 7.84. The van der Waals surface area contributed by atoms with E-state index in [9.17, 15) is 0 Å². The van der Waals surface area contributed by atoms with Crippen LogP contribution in [0.25, 0.3) is 0 Å². The summed E-state index contributed by atoms with van der Waals surface area (Å²) in [6.07, 6.45) is 0. The third-order valence-electron chi connectivity index (χ3n) is 1.89. The Kier molecular flexibility index (Phi) is 5.38. The van der Waals surface area contributed by atoms with Crippen molar-refractivity contribution < 1.29 is 4.74 Å². The van der Waals surface area contributed by atoms with E-state index >= 15 is 0 Å². The molecule has 3 nitrogen and oxygen atoms in total. The van der Waals surface area contributed by atoms with Crippen LogP contribution in [-0.4, -0.2) is 38.4 Å². The topological polar surface area (TPSA) is 33.3 Å². The van der Waals surface area contributed by atoms with Gasteiger partial charge in [0.1, 0.15) is 0 Å². The highest BCUT2D eigenvalue weighted by atomic mass is 35.5. The maximum atomic E-state index is 5.33. The third-order valence-corrected chi connectivity index (χ3v) is 1.89. The highest BCUT2D eigenvalue weighted by Crippen LogP contribution is 2.01. The van der Waals surface area contributed by atoms with E-state index in [-0.39, 0.29) is 24.8 Å². The van der Waals surface area contributed by atoms with Crippen LogP contribution < -0.4 is 10.6 Å². The van der Waals surface area contributed by atoms with Crippen molar-refractivity contribution in [3.05, 3.63) is 0 Å². The molecule has 0 aromatic heterocycles. The molecular formula is C6H14Cl2N2O. The average molecular weight is 201 g/mol. The number of rotatable bonds is 0. The highest BCUT2D eigenvalue weighted by Gasteiger charge is 2.24. The van der Waals surface area contributed by atoms with Crippen LogP contribution in [0.1, 0.15) is 0 Å². The van der Waals surface area contributed by atoms with Gasteiger partial charge in [-0.05, 0) is 0 Å². The summed E-state index contributed by atoms with van der Waals surface area (Å²) in [6, 6.07) is 1.13. The highest BCUT2D eigenvalue weighted by molar-refractivity contribution is 5.85. The van der Waals surface area contributed by atoms with Crippen LogP contribution in [0.5, 0.6) is 0 Å². The first-order chi connectivity index (χ1) is 4.45. The van der Waals surface area contributed by atoms with Crippen molar-refractivity contribution in [3.63, 3.8) is 0 Å². The molecule has 2 rings (SSSR count). The van der Waals surface area contributed by atoms with E-state index in [1.54, 1.807) is 0 Å². The van der Waals surface area contributed by atoms with Crippen LogP contribution in [0.15, 0.2) is 0 Å². The molecule has 0 radical (unpaired) electrons. The molecule has 11 heavy (non-hydrogen) atoms. The second-order valence-corrected chi connectivity index (χ2v) is 2.76. The fourth-order valence-electron chi connectivity index (χ4n) is 1.45. The Morgan fingerprint density at radius 2 is 1.55 bits per heavy atom. The molecule has 2 N–H and O–H groups in total. The molecule has 2 aliphatic heterocycles. The number of nitrogens with one attached hydrogen (secondary N) is 2. The Bertz CT molecular complexity index is 94.8. The van der Waals surface area contributed by atoms with E-state index in [4.69, 9.17) is 4.74 Å². The molecule has 2 unspecified atom stereocenters. The zero-order chi connectivity index (χ0) is 6.10. The molecule has 2 aliphatic rings. The summed E-state index contributed by atoms with van der Waals surface area (Å²) in [4.78, 5) is 0. The summed E-state index contributed by atoms with van der Waals surface area (Å²) in [7, 11) is 0. The van der Waals surface area contributed by atoms with E-state index in [1.165, 1.54) is 0 Å². The number of hydrogen-bond acceptors (Lipinski definition) is 3. The summed E-state index contributed by atoms with van der Waals surface area (Å²) in [5, 5.41) is 6.81. The number of ether oxygens (including phenoxy) is 1. The summed E-state index contributed by atoms with van der Waals surface area (Å²) in [5.41, 5.74) is 0. The Balaban J connectivity index is 0.000000500. The molecule has 68 valence electrons. The summed E-state index contributed by atoms with van der Waals surface area (Å²) >= 11 is 0. The minimum atomic E-state index is 0. The van der Waals surface area contributed by atoms with Gasteiger partial charge in [0.15, 0.2) is 0 Å². The Hall–Kier alpha value is 0.460. The van der Waals surface area contributed by atoms with Crippen LogP contribution in [0.3, 0.4) is 0 Å². The number of piperazine rings is 1. The number of fused-ring (bicyclic) bond motifs is 2. The number of morpholine rings is 1. The molecule has 0 aliphatic carbocycles. The van der Waals surface area contributed by atoms with Gasteiger partial charge in [0.25, 0.3) is 0 Å². The molecule has 2 atom stereocenters. The Labute approximate surface area is 79.1 Å². The lowest BCUT2D eigenvalue weighted by Crippen LogP contribution is -2.61. The quantitative estimate of drug-likeness (QED) is 0.569. The predicted octanol–water partition coefficient (Wildman–Crippen LogP) is -0.210.